The molecular weight excluding hydrogens is 224 g/mol. The quantitative estimate of drug-likeness (QED) is 0.859. The summed E-state index contributed by atoms with van der Waals surface area (Å²) in [5, 5.41) is 8.95. The Bertz CT molecular complexity index is 482. The van der Waals surface area contributed by atoms with Gasteiger partial charge in [0.25, 0.3) is 0 Å². The summed E-state index contributed by atoms with van der Waals surface area (Å²) in [6, 6.07) is 4.22. The lowest BCUT2D eigenvalue weighted by molar-refractivity contribution is -0.136. The Morgan fingerprint density at radius 2 is 2.17 bits per heavy atom. The first-order valence-corrected chi connectivity index (χ1v) is 6.62. The van der Waals surface area contributed by atoms with Gasteiger partial charge >= 0.3 is 5.97 Å². The van der Waals surface area contributed by atoms with E-state index in [9.17, 15) is 4.79 Å². The predicted molar refractivity (Wildman–Crippen MR) is 73.7 cm³/mol. The van der Waals surface area contributed by atoms with E-state index in [-0.39, 0.29) is 6.42 Å². The van der Waals surface area contributed by atoms with Crippen LogP contribution in [0.4, 0.5) is 0 Å². The van der Waals surface area contributed by atoms with E-state index in [1.807, 2.05) is 6.92 Å². The van der Waals surface area contributed by atoms with Crippen molar-refractivity contribution in [3.63, 3.8) is 0 Å². The van der Waals surface area contributed by atoms with E-state index < -0.39 is 5.97 Å². The van der Waals surface area contributed by atoms with Crippen molar-refractivity contribution in [3.05, 3.63) is 40.5 Å². The Labute approximate surface area is 108 Å². The summed E-state index contributed by atoms with van der Waals surface area (Å²) in [7, 11) is 0. The van der Waals surface area contributed by atoms with Gasteiger partial charge < -0.3 is 5.11 Å². The molecule has 0 atom stereocenters. The SMILES string of the molecule is CCc1cc(C=CC2CC2)cc(C)c1CC(=O)O. The number of rotatable bonds is 5. The monoisotopic (exact) mass is 244 g/mol. The van der Waals surface area contributed by atoms with Crippen molar-refractivity contribution in [2.75, 3.05) is 0 Å². The highest BCUT2D eigenvalue weighted by atomic mass is 16.4. The number of hydrogen-bond donors (Lipinski definition) is 1. The molecule has 2 rings (SSSR count). The zero-order valence-electron chi connectivity index (χ0n) is 11.1. The Morgan fingerprint density at radius 3 is 2.72 bits per heavy atom. The van der Waals surface area contributed by atoms with Gasteiger partial charge in [-0.2, -0.15) is 0 Å². The van der Waals surface area contributed by atoms with Crippen molar-refractivity contribution in [2.45, 2.75) is 39.5 Å². The first kappa shape index (κ1) is 12.9. The molecule has 0 aromatic heterocycles. The molecular formula is C16H20O2. The maximum absolute atomic E-state index is 10.9. The third kappa shape index (κ3) is 3.22. The first-order chi connectivity index (χ1) is 8.60. The Balaban J connectivity index is 2.29. The highest BCUT2D eigenvalue weighted by Gasteiger charge is 2.17. The van der Waals surface area contributed by atoms with Gasteiger partial charge in [-0.1, -0.05) is 31.2 Å². The molecule has 0 spiro atoms. The fraction of sp³-hybridized carbons (Fsp3) is 0.438. The second-order valence-electron chi connectivity index (χ2n) is 5.10. The van der Waals surface area contributed by atoms with Crippen molar-refractivity contribution in [1.29, 1.82) is 0 Å². The standard InChI is InChI=1S/C16H20O2/c1-3-14-9-13(7-6-12-4-5-12)8-11(2)15(14)10-16(17)18/h6-9,12H,3-5,10H2,1-2H3,(H,17,18). The van der Waals surface area contributed by atoms with Crippen LogP contribution in [0.15, 0.2) is 18.2 Å². The summed E-state index contributed by atoms with van der Waals surface area (Å²) in [6.07, 6.45) is 8.08. The zero-order valence-corrected chi connectivity index (χ0v) is 11.1. The second kappa shape index (κ2) is 5.38. The van der Waals surface area contributed by atoms with E-state index in [0.29, 0.717) is 0 Å². The van der Waals surface area contributed by atoms with Gasteiger partial charge in [0.15, 0.2) is 0 Å². The average Bonchev–Trinajstić information content (AvgIpc) is 3.12. The molecule has 18 heavy (non-hydrogen) atoms. The zero-order chi connectivity index (χ0) is 13.1. The second-order valence-corrected chi connectivity index (χ2v) is 5.10. The molecule has 1 aliphatic carbocycles. The Kier molecular flexibility index (Phi) is 3.85. The predicted octanol–water partition coefficient (Wildman–Crippen LogP) is 3.61. The number of carboxylic acid groups (broad SMARTS) is 1. The van der Waals surface area contributed by atoms with E-state index >= 15 is 0 Å². The molecule has 0 heterocycles. The van der Waals surface area contributed by atoms with Gasteiger partial charge in [0, 0.05) is 0 Å². The molecule has 1 saturated carbocycles. The normalized spacial score (nSPS) is 15.2. The van der Waals surface area contributed by atoms with Gasteiger partial charge in [-0.15, -0.1) is 0 Å². The number of aliphatic carboxylic acids is 1. The lowest BCUT2D eigenvalue weighted by Gasteiger charge is -2.11. The summed E-state index contributed by atoms with van der Waals surface area (Å²) in [6.45, 7) is 4.08. The average molecular weight is 244 g/mol. The van der Waals surface area contributed by atoms with Gasteiger partial charge in [-0.05, 0) is 54.4 Å². The van der Waals surface area contributed by atoms with Gasteiger partial charge in [0.2, 0.25) is 0 Å². The van der Waals surface area contributed by atoms with E-state index in [1.165, 1.54) is 18.4 Å². The van der Waals surface area contributed by atoms with Crippen LogP contribution in [0.3, 0.4) is 0 Å². The molecule has 1 N–H and O–H groups in total. The van der Waals surface area contributed by atoms with Gasteiger partial charge in [-0.25, -0.2) is 0 Å². The minimum absolute atomic E-state index is 0.127. The molecule has 0 aliphatic heterocycles. The van der Waals surface area contributed by atoms with Crippen molar-refractivity contribution >= 4 is 12.0 Å². The molecule has 0 radical (unpaired) electrons. The molecule has 0 saturated heterocycles. The topological polar surface area (TPSA) is 37.3 Å². The van der Waals surface area contributed by atoms with Crippen LogP contribution in [0, 0.1) is 12.8 Å². The van der Waals surface area contributed by atoms with Crippen LogP contribution in [0.1, 0.15) is 42.0 Å². The van der Waals surface area contributed by atoms with Crippen LogP contribution in [0.2, 0.25) is 0 Å². The Morgan fingerprint density at radius 1 is 1.44 bits per heavy atom. The van der Waals surface area contributed by atoms with Crippen LogP contribution >= 0.6 is 0 Å². The highest BCUT2D eigenvalue weighted by Crippen LogP contribution is 2.31. The molecule has 0 amide bonds. The highest BCUT2D eigenvalue weighted by molar-refractivity contribution is 5.72. The fourth-order valence-electron chi connectivity index (χ4n) is 2.27. The number of carboxylic acids is 1. The molecule has 1 aliphatic rings. The molecule has 1 fully saturated rings. The van der Waals surface area contributed by atoms with Crippen LogP contribution < -0.4 is 0 Å². The van der Waals surface area contributed by atoms with Crippen molar-refractivity contribution < 1.29 is 9.90 Å². The molecule has 1 aromatic rings. The summed E-state index contributed by atoms with van der Waals surface area (Å²) >= 11 is 0. The lowest BCUT2D eigenvalue weighted by atomic mass is 9.94. The van der Waals surface area contributed by atoms with Crippen molar-refractivity contribution in [2.24, 2.45) is 5.92 Å². The van der Waals surface area contributed by atoms with Crippen LogP contribution in [0.5, 0.6) is 0 Å². The van der Waals surface area contributed by atoms with E-state index in [4.69, 9.17) is 5.11 Å². The summed E-state index contributed by atoms with van der Waals surface area (Å²) in [5.74, 6) is 0.0168. The van der Waals surface area contributed by atoms with Gasteiger partial charge in [0.05, 0.1) is 6.42 Å². The number of aryl methyl sites for hydroxylation is 2. The Hall–Kier alpha value is -1.57. The van der Waals surface area contributed by atoms with E-state index in [2.05, 4.69) is 31.2 Å². The number of benzene rings is 1. The fourth-order valence-corrected chi connectivity index (χ4v) is 2.27. The smallest absolute Gasteiger partial charge is 0.307 e. The minimum Gasteiger partial charge on any atom is -0.481 e. The molecule has 2 heteroatoms. The van der Waals surface area contributed by atoms with Crippen molar-refractivity contribution in [3.8, 4) is 0 Å². The van der Waals surface area contributed by atoms with Crippen LogP contribution in [-0.2, 0) is 17.6 Å². The summed E-state index contributed by atoms with van der Waals surface area (Å²) < 4.78 is 0. The largest absolute Gasteiger partial charge is 0.481 e. The number of carbonyl (C=O) groups is 1. The lowest BCUT2D eigenvalue weighted by Crippen LogP contribution is -2.06. The van der Waals surface area contributed by atoms with E-state index in [1.54, 1.807) is 0 Å². The third-order valence-electron chi connectivity index (χ3n) is 3.48. The molecule has 0 unspecified atom stereocenters. The van der Waals surface area contributed by atoms with Gasteiger partial charge in [0.1, 0.15) is 0 Å². The van der Waals surface area contributed by atoms with E-state index in [0.717, 1.165) is 29.0 Å². The maximum Gasteiger partial charge on any atom is 0.307 e. The van der Waals surface area contributed by atoms with Gasteiger partial charge in [-0.3, -0.25) is 4.79 Å². The maximum atomic E-state index is 10.9. The third-order valence-corrected chi connectivity index (χ3v) is 3.48. The minimum atomic E-state index is -0.755. The molecule has 1 aromatic carbocycles. The number of allylic oxidation sites excluding steroid dienone is 1. The van der Waals surface area contributed by atoms with Crippen LogP contribution in [-0.4, -0.2) is 11.1 Å². The summed E-state index contributed by atoms with van der Waals surface area (Å²) in [4.78, 5) is 10.9. The van der Waals surface area contributed by atoms with Crippen LogP contribution in [0.25, 0.3) is 6.08 Å². The molecule has 0 bridgehead atoms. The summed E-state index contributed by atoms with van der Waals surface area (Å²) in [5.41, 5.74) is 4.43. The molecule has 96 valence electrons. The first-order valence-electron chi connectivity index (χ1n) is 6.62. The number of hydrogen-bond acceptors (Lipinski definition) is 1. The van der Waals surface area contributed by atoms with Crippen molar-refractivity contribution in [1.82, 2.24) is 0 Å². The molecule has 2 nitrogen and oxygen atoms in total.